The predicted octanol–water partition coefficient (Wildman–Crippen LogP) is 2.36. The Labute approximate surface area is 121 Å². The molecule has 0 spiro atoms. The van der Waals surface area contributed by atoms with Gasteiger partial charge >= 0.3 is 11.7 Å². The van der Waals surface area contributed by atoms with Crippen molar-refractivity contribution in [2.24, 2.45) is 0 Å². The van der Waals surface area contributed by atoms with Crippen LogP contribution < -0.4 is 5.32 Å². The van der Waals surface area contributed by atoms with Crippen LogP contribution in [0.2, 0.25) is 0 Å². The molecule has 0 radical (unpaired) electrons. The number of nitro groups is 1. The number of benzene rings is 1. The maximum atomic E-state index is 13.6. The van der Waals surface area contributed by atoms with Crippen molar-refractivity contribution in [3.05, 3.63) is 52.1 Å². The topological polar surface area (TPSA) is 118 Å². The molecule has 1 heterocycles. The van der Waals surface area contributed by atoms with Crippen molar-refractivity contribution in [2.75, 3.05) is 5.32 Å². The van der Waals surface area contributed by atoms with Gasteiger partial charge in [0.05, 0.1) is 10.6 Å². The highest BCUT2D eigenvalue weighted by atomic mass is 19.1. The summed E-state index contributed by atoms with van der Waals surface area (Å²) < 4.78 is 26.9. The van der Waals surface area contributed by atoms with E-state index < -0.39 is 22.9 Å². The third kappa shape index (κ3) is 3.29. The van der Waals surface area contributed by atoms with Gasteiger partial charge in [0.1, 0.15) is 18.2 Å². The van der Waals surface area contributed by atoms with E-state index in [9.17, 15) is 23.7 Å². The fourth-order valence-electron chi connectivity index (χ4n) is 1.59. The van der Waals surface area contributed by atoms with E-state index in [4.69, 9.17) is 5.11 Å². The van der Waals surface area contributed by atoms with Crippen molar-refractivity contribution in [3.8, 4) is 0 Å². The van der Waals surface area contributed by atoms with E-state index in [1.54, 1.807) is 0 Å². The first-order valence-corrected chi connectivity index (χ1v) is 5.78. The molecule has 0 amide bonds. The second-order valence-corrected chi connectivity index (χ2v) is 4.08. The Bertz CT molecular complexity index is 724. The van der Waals surface area contributed by atoms with Crippen LogP contribution >= 0.6 is 0 Å². The van der Waals surface area contributed by atoms with E-state index in [2.05, 4.69) is 15.3 Å². The molecular formula is C12H8F2N4O4. The first-order valence-electron chi connectivity index (χ1n) is 5.78. The zero-order chi connectivity index (χ0) is 16.3. The van der Waals surface area contributed by atoms with Crippen molar-refractivity contribution in [3.63, 3.8) is 0 Å². The summed E-state index contributed by atoms with van der Waals surface area (Å²) in [5, 5.41) is 21.6. The predicted molar refractivity (Wildman–Crippen MR) is 69.9 cm³/mol. The van der Waals surface area contributed by atoms with Crippen LogP contribution in [0, 0.1) is 15.9 Å². The number of alkyl halides is 1. The fourth-order valence-corrected chi connectivity index (χ4v) is 1.59. The average Bonchev–Trinajstić information content (AvgIpc) is 2.47. The molecule has 0 aliphatic heterocycles. The molecule has 1 aromatic carbocycles. The number of carboxylic acid groups (broad SMARTS) is 1. The third-order valence-electron chi connectivity index (χ3n) is 2.60. The molecule has 114 valence electrons. The monoisotopic (exact) mass is 310 g/mol. The molecule has 10 heteroatoms. The number of nitrogens with zero attached hydrogens (tertiary/aromatic N) is 3. The Morgan fingerprint density at radius 3 is 2.55 bits per heavy atom. The Morgan fingerprint density at radius 2 is 2.00 bits per heavy atom. The molecule has 8 nitrogen and oxygen atoms in total. The van der Waals surface area contributed by atoms with Crippen molar-refractivity contribution in [1.82, 2.24) is 9.97 Å². The minimum atomic E-state index is -2.37. The van der Waals surface area contributed by atoms with Gasteiger partial charge in [0.25, 0.3) is 0 Å². The highest BCUT2D eigenvalue weighted by Gasteiger charge is 2.22. The summed E-state index contributed by atoms with van der Waals surface area (Å²) in [6, 6.07) is 2.75. The molecular weight excluding hydrogens is 302 g/mol. The largest absolute Gasteiger partial charge is 0.479 e. The Balaban J connectivity index is 2.33. The molecule has 2 aromatic rings. The van der Waals surface area contributed by atoms with Gasteiger partial charge < -0.3 is 10.4 Å². The third-order valence-corrected chi connectivity index (χ3v) is 2.60. The maximum Gasteiger partial charge on any atom is 0.343 e. The number of rotatable bonds is 5. The van der Waals surface area contributed by atoms with Crippen molar-refractivity contribution in [2.45, 2.75) is 6.17 Å². The molecule has 2 N–H and O–H groups in total. The van der Waals surface area contributed by atoms with E-state index in [1.165, 1.54) is 0 Å². The van der Waals surface area contributed by atoms with Crippen LogP contribution in [0.4, 0.5) is 26.1 Å². The summed E-state index contributed by atoms with van der Waals surface area (Å²) in [7, 11) is 0. The lowest BCUT2D eigenvalue weighted by atomic mass is 10.1. The van der Waals surface area contributed by atoms with Crippen molar-refractivity contribution >= 4 is 23.3 Å². The van der Waals surface area contributed by atoms with Gasteiger partial charge in [-0.3, -0.25) is 10.1 Å². The molecule has 1 aromatic heterocycles. The maximum absolute atomic E-state index is 13.6. The standard InChI is InChI=1S/C12H8F2N4O4/c13-6-1-2-8(10(14)11(19)20)9(3-6)17-12-15-4-7(5-16-12)18(21)22/h1-5,10H,(H,19,20)(H,15,16,17). The van der Waals surface area contributed by atoms with Crippen molar-refractivity contribution < 1.29 is 23.6 Å². The van der Waals surface area contributed by atoms with Crippen LogP contribution in [0.5, 0.6) is 0 Å². The van der Waals surface area contributed by atoms with Gasteiger partial charge in [0, 0.05) is 5.56 Å². The molecule has 2 rings (SSSR count). The van der Waals surface area contributed by atoms with Crippen LogP contribution in [-0.2, 0) is 4.79 Å². The first-order chi connectivity index (χ1) is 10.4. The molecule has 1 atom stereocenters. The highest BCUT2D eigenvalue weighted by molar-refractivity contribution is 5.78. The quantitative estimate of drug-likeness (QED) is 0.642. The van der Waals surface area contributed by atoms with E-state index in [0.717, 1.165) is 30.6 Å². The number of nitrogens with one attached hydrogen (secondary N) is 1. The van der Waals surface area contributed by atoms with E-state index in [0.29, 0.717) is 0 Å². The fraction of sp³-hybridized carbons (Fsp3) is 0.0833. The lowest BCUT2D eigenvalue weighted by Crippen LogP contribution is -2.09. The average molecular weight is 310 g/mol. The molecule has 0 saturated heterocycles. The molecule has 0 saturated carbocycles. The van der Waals surface area contributed by atoms with Crippen LogP contribution in [0.25, 0.3) is 0 Å². The van der Waals surface area contributed by atoms with Crippen LogP contribution in [-0.4, -0.2) is 26.0 Å². The molecule has 0 aliphatic carbocycles. The Hall–Kier alpha value is -3.17. The minimum Gasteiger partial charge on any atom is -0.479 e. The summed E-state index contributed by atoms with van der Waals surface area (Å²) in [6.45, 7) is 0. The van der Waals surface area contributed by atoms with E-state index >= 15 is 0 Å². The van der Waals surface area contributed by atoms with Gasteiger partial charge in [-0.15, -0.1) is 0 Å². The molecule has 1 unspecified atom stereocenters. The molecule has 0 fully saturated rings. The van der Waals surface area contributed by atoms with Crippen LogP contribution in [0.1, 0.15) is 11.7 Å². The molecule has 0 aliphatic rings. The lowest BCUT2D eigenvalue weighted by Gasteiger charge is -2.12. The normalized spacial score (nSPS) is 11.7. The number of hydrogen-bond acceptors (Lipinski definition) is 6. The second kappa shape index (κ2) is 6.08. The van der Waals surface area contributed by atoms with Gasteiger partial charge in [-0.1, -0.05) is 6.07 Å². The Kier molecular flexibility index (Phi) is 4.20. The van der Waals surface area contributed by atoms with Crippen LogP contribution in [0.3, 0.4) is 0 Å². The highest BCUT2D eigenvalue weighted by Crippen LogP contribution is 2.28. The minimum absolute atomic E-state index is 0.171. The smallest absolute Gasteiger partial charge is 0.343 e. The van der Waals surface area contributed by atoms with Gasteiger partial charge in [-0.25, -0.2) is 23.5 Å². The number of carboxylic acids is 1. The number of aromatic nitrogens is 2. The zero-order valence-electron chi connectivity index (χ0n) is 10.7. The Morgan fingerprint density at radius 1 is 1.36 bits per heavy atom. The van der Waals surface area contributed by atoms with Crippen LogP contribution in [0.15, 0.2) is 30.6 Å². The van der Waals surface area contributed by atoms with E-state index in [-0.39, 0.29) is 22.9 Å². The lowest BCUT2D eigenvalue weighted by molar-refractivity contribution is -0.385. The summed E-state index contributed by atoms with van der Waals surface area (Å²) in [5.41, 5.74) is -0.876. The van der Waals surface area contributed by atoms with Gasteiger partial charge in [-0.05, 0) is 12.1 Å². The summed E-state index contributed by atoms with van der Waals surface area (Å²) in [4.78, 5) is 27.7. The number of aliphatic carboxylic acids is 1. The number of hydrogen-bond donors (Lipinski definition) is 2. The molecule has 0 bridgehead atoms. The summed E-state index contributed by atoms with van der Waals surface area (Å²) in [5.74, 6) is -2.64. The number of carbonyl (C=O) groups is 1. The van der Waals surface area contributed by atoms with Gasteiger partial charge in [-0.2, -0.15) is 0 Å². The number of anilines is 2. The molecule has 22 heavy (non-hydrogen) atoms. The van der Waals surface area contributed by atoms with E-state index in [1.807, 2.05) is 0 Å². The SMILES string of the molecule is O=C(O)C(F)c1ccc(F)cc1Nc1ncc([N+](=O)[O-])cn1. The summed E-state index contributed by atoms with van der Waals surface area (Å²) >= 11 is 0. The summed E-state index contributed by atoms with van der Waals surface area (Å²) in [6.07, 6.45) is -0.572. The van der Waals surface area contributed by atoms with Gasteiger partial charge in [0.2, 0.25) is 12.1 Å². The zero-order valence-corrected chi connectivity index (χ0v) is 10.7. The van der Waals surface area contributed by atoms with Gasteiger partial charge in [0.15, 0.2) is 0 Å². The first kappa shape index (κ1) is 15.2. The van der Waals surface area contributed by atoms with Crippen molar-refractivity contribution in [1.29, 1.82) is 0 Å². The second-order valence-electron chi connectivity index (χ2n) is 4.08. The number of halogens is 2.